The predicted molar refractivity (Wildman–Crippen MR) is 96.6 cm³/mol. The molecule has 0 aliphatic carbocycles. The summed E-state index contributed by atoms with van der Waals surface area (Å²) in [6, 6.07) is 5.90. The van der Waals surface area contributed by atoms with Gasteiger partial charge in [0.2, 0.25) is 11.9 Å². The number of aromatic nitrogens is 3. The Morgan fingerprint density at radius 1 is 1.16 bits per heavy atom. The summed E-state index contributed by atoms with van der Waals surface area (Å²) in [7, 11) is 0. The fourth-order valence-electron chi connectivity index (χ4n) is 3.95. The van der Waals surface area contributed by atoms with E-state index in [1.165, 1.54) is 0 Å². The molecule has 25 heavy (non-hydrogen) atoms. The van der Waals surface area contributed by atoms with Crippen molar-refractivity contribution in [2.45, 2.75) is 19.8 Å². The predicted octanol–water partition coefficient (Wildman–Crippen LogP) is 1.11. The van der Waals surface area contributed by atoms with Crippen molar-refractivity contribution < 1.29 is 4.79 Å². The first kappa shape index (κ1) is 16.3. The molecule has 2 saturated heterocycles. The lowest BCUT2D eigenvalue weighted by Gasteiger charge is -2.38. The van der Waals surface area contributed by atoms with Gasteiger partial charge in [-0.15, -0.1) is 10.2 Å². The Balaban J connectivity index is 1.45. The lowest BCUT2D eigenvalue weighted by Crippen LogP contribution is -2.52. The van der Waals surface area contributed by atoms with Crippen molar-refractivity contribution in [1.82, 2.24) is 24.4 Å². The SMILES string of the molecule is CCN1CCN(C(=O)[C@H]2CCCN(c3nnc4ccccn34)C2)CC1. The number of hydrogen-bond acceptors (Lipinski definition) is 5. The van der Waals surface area contributed by atoms with Crippen molar-refractivity contribution in [3.8, 4) is 0 Å². The number of rotatable bonds is 3. The van der Waals surface area contributed by atoms with Gasteiger partial charge in [0, 0.05) is 45.5 Å². The monoisotopic (exact) mass is 342 g/mol. The van der Waals surface area contributed by atoms with Crippen molar-refractivity contribution in [1.29, 1.82) is 0 Å². The lowest BCUT2D eigenvalue weighted by atomic mass is 9.96. The molecule has 0 saturated carbocycles. The Labute approximate surface area is 148 Å². The highest BCUT2D eigenvalue weighted by Gasteiger charge is 2.32. The van der Waals surface area contributed by atoms with E-state index in [9.17, 15) is 4.79 Å². The molecule has 7 nitrogen and oxygen atoms in total. The van der Waals surface area contributed by atoms with Gasteiger partial charge in [-0.05, 0) is 31.5 Å². The van der Waals surface area contributed by atoms with Crippen LogP contribution in [-0.2, 0) is 4.79 Å². The lowest BCUT2D eigenvalue weighted by molar-refractivity contribution is -0.137. The van der Waals surface area contributed by atoms with Crippen molar-refractivity contribution in [2.24, 2.45) is 5.92 Å². The van der Waals surface area contributed by atoms with Crippen molar-refractivity contribution in [3.05, 3.63) is 24.4 Å². The molecule has 1 amide bonds. The summed E-state index contributed by atoms with van der Waals surface area (Å²) in [5.74, 6) is 1.23. The molecule has 0 aromatic carbocycles. The number of likely N-dealkylation sites (N-methyl/N-ethyl adjacent to an activating group) is 1. The molecule has 134 valence electrons. The van der Waals surface area contributed by atoms with E-state index in [-0.39, 0.29) is 5.92 Å². The molecule has 0 bridgehead atoms. The minimum atomic E-state index is 0.0676. The number of fused-ring (bicyclic) bond motifs is 1. The molecule has 0 unspecified atom stereocenters. The average Bonchev–Trinajstić information content (AvgIpc) is 3.12. The first-order valence-electron chi connectivity index (χ1n) is 9.32. The summed E-state index contributed by atoms with van der Waals surface area (Å²) < 4.78 is 2.01. The quantitative estimate of drug-likeness (QED) is 0.836. The van der Waals surface area contributed by atoms with Crippen LogP contribution < -0.4 is 4.90 Å². The molecule has 2 aliphatic heterocycles. The van der Waals surface area contributed by atoms with E-state index in [0.717, 1.165) is 70.3 Å². The number of piperazine rings is 1. The molecule has 4 heterocycles. The first-order chi connectivity index (χ1) is 12.3. The van der Waals surface area contributed by atoms with E-state index in [1.54, 1.807) is 0 Å². The number of carbonyl (C=O) groups excluding carboxylic acids is 1. The maximum absolute atomic E-state index is 13.0. The molecule has 2 aliphatic rings. The third-order valence-electron chi connectivity index (χ3n) is 5.48. The van der Waals surface area contributed by atoms with Gasteiger partial charge >= 0.3 is 0 Å². The van der Waals surface area contributed by atoms with Gasteiger partial charge in [0.25, 0.3) is 0 Å². The smallest absolute Gasteiger partial charge is 0.231 e. The molecule has 2 aromatic heterocycles. The van der Waals surface area contributed by atoms with Crippen molar-refractivity contribution in [2.75, 3.05) is 50.7 Å². The summed E-state index contributed by atoms with van der Waals surface area (Å²) in [5.41, 5.74) is 0.849. The molecular weight excluding hydrogens is 316 g/mol. The second-order valence-electron chi connectivity index (χ2n) is 6.97. The molecule has 0 radical (unpaired) electrons. The Morgan fingerprint density at radius 2 is 2.00 bits per heavy atom. The Bertz CT molecular complexity index is 736. The third kappa shape index (κ3) is 3.20. The molecule has 7 heteroatoms. The van der Waals surface area contributed by atoms with E-state index in [0.29, 0.717) is 5.91 Å². The largest absolute Gasteiger partial charge is 0.340 e. The van der Waals surface area contributed by atoms with Crippen LogP contribution in [0.3, 0.4) is 0 Å². The van der Waals surface area contributed by atoms with Crippen LogP contribution >= 0.6 is 0 Å². The summed E-state index contributed by atoms with van der Waals surface area (Å²) in [6.45, 7) is 8.62. The highest BCUT2D eigenvalue weighted by atomic mass is 16.2. The standard InChI is InChI=1S/C18H26N6O/c1-2-21-10-12-22(13-11-21)17(25)15-6-5-8-23(14-15)18-20-19-16-7-3-4-9-24(16)18/h3-4,7,9,15H,2,5-6,8,10-14H2,1H3/t15-/m0/s1. The number of amides is 1. The van der Waals surface area contributed by atoms with E-state index < -0.39 is 0 Å². The van der Waals surface area contributed by atoms with Gasteiger partial charge in [-0.3, -0.25) is 9.20 Å². The van der Waals surface area contributed by atoms with Gasteiger partial charge in [-0.2, -0.15) is 0 Å². The van der Waals surface area contributed by atoms with Crippen molar-refractivity contribution >= 4 is 17.5 Å². The highest BCUT2D eigenvalue weighted by Crippen LogP contribution is 2.24. The number of pyridine rings is 1. The van der Waals surface area contributed by atoms with Gasteiger partial charge in [0.05, 0.1) is 5.92 Å². The molecule has 2 fully saturated rings. The molecule has 0 N–H and O–H groups in total. The summed E-state index contributed by atoms with van der Waals surface area (Å²) >= 11 is 0. The van der Waals surface area contributed by atoms with Crippen LogP contribution in [0.1, 0.15) is 19.8 Å². The van der Waals surface area contributed by atoms with Crippen LogP contribution in [0.4, 0.5) is 5.95 Å². The number of nitrogens with zero attached hydrogens (tertiary/aromatic N) is 6. The van der Waals surface area contributed by atoms with E-state index in [1.807, 2.05) is 28.8 Å². The van der Waals surface area contributed by atoms with Crippen LogP contribution in [0.15, 0.2) is 24.4 Å². The summed E-state index contributed by atoms with van der Waals surface area (Å²) in [5, 5.41) is 8.60. The zero-order chi connectivity index (χ0) is 17.2. The van der Waals surface area contributed by atoms with Crippen LogP contribution in [0.5, 0.6) is 0 Å². The van der Waals surface area contributed by atoms with Crippen LogP contribution in [0.2, 0.25) is 0 Å². The molecule has 2 aromatic rings. The molecule has 0 spiro atoms. The van der Waals surface area contributed by atoms with Gasteiger partial charge < -0.3 is 14.7 Å². The number of piperidine rings is 1. The summed E-state index contributed by atoms with van der Waals surface area (Å²) in [6.07, 6.45) is 3.98. The highest BCUT2D eigenvalue weighted by molar-refractivity contribution is 5.80. The second kappa shape index (κ2) is 7.00. The zero-order valence-corrected chi connectivity index (χ0v) is 14.8. The molecule has 4 rings (SSSR count). The maximum atomic E-state index is 13.0. The van der Waals surface area contributed by atoms with Gasteiger partial charge in [0.1, 0.15) is 0 Å². The topological polar surface area (TPSA) is 57.0 Å². The molecule has 1 atom stereocenters. The van der Waals surface area contributed by atoms with E-state index in [4.69, 9.17) is 0 Å². The number of carbonyl (C=O) groups is 1. The van der Waals surface area contributed by atoms with Crippen molar-refractivity contribution in [3.63, 3.8) is 0 Å². The van der Waals surface area contributed by atoms with Gasteiger partial charge in [-0.25, -0.2) is 0 Å². The Hall–Kier alpha value is -2.15. The normalized spacial score (nSPS) is 22.5. The third-order valence-corrected chi connectivity index (χ3v) is 5.48. The number of hydrogen-bond donors (Lipinski definition) is 0. The van der Waals surface area contributed by atoms with Crippen LogP contribution in [0, 0.1) is 5.92 Å². The van der Waals surface area contributed by atoms with E-state index in [2.05, 4.69) is 31.8 Å². The van der Waals surface area contributed by atoms with Crippen LogP contribution in [0.25, 0.3) is 5.65 Å². The minimum absolute atomic E-state index is 0.0676. The van der Waals surface area contributed by atoms with E-state index >= 15 is 0 Å². The maximum Gasteiger partial charge on any atom is 0.231 e. The minimum Gasteiger partial charge on any atom is -0.340 e. The Kier molecular flexibility index (Phi) is 4.57. The second-order valence-corrected chi connectivity index (χ2v) is 6.97. The number of anilines is 1. The van der Waals surface area contributed by atoms with Crippen LogP contribution in [-0.4, -0.2) is 76.1 Å². The fraction of sp³-hybridized carbons (Fsp3) is 0.611. The molecular formula is C18H26N6O. The van der Waals surface area contributed by atoms with Gasteiger partial charge in [0.15, 0.2) is 5.65 Å². The fourth-order valence-corrected chi connectivity index (χ4v) is 3.95. The Morgan fingerprint density at radius 3 is 2.80 bits per heavy atom. The average molecular weight is 342 g/mol. The van der Waals surface area contributed by atoms with Gasteiger partial charge in [-0.1, -0.05) is 13.0 Å². The zero-order valence-electron chi connectivity index (χ0n) is 14.8. The first-order valence-corrected chi connectivity index (χ1v) is 9.32. The summed E-state index contributed by atoms with van der Waals surface area (Å²) in [4.78, 5) is 19.6.